The monoisotopic (exact) mass is 293 g/mol. The fourth-order valence-electron chi connectivity index (χ4n) is 1.52. The Bertz CT molecular complexity index is 555. The van der Waals surface area contributed by atoms with Crippen molar-refractivity contribution in [2.75, 3.05) is 13.1 Å². The summed E-state index contributed by atoms with van der Waals surface area (Å²) in [5, 5.41) is 0. The van der Waals surface area contributed by atoms with E-state index < -0.39 is 25.7 Å². The Morgan fingerprint density at radius 2 is 1.83 bits per heavy atom. The van der Waals surface area contributed by atoms with Gasteiger partial charge in [-0.25, -0.2) is 12.8 Å². The van der Waals surface area contributed by atoms with E-state index in [9.17, 15) is 17.6 Å². The third kappa shape index (κ3) is 3.43. The van der Waals surface area contributed by atoms with Crippen LogP contribution in [0.2, 0.25) is 0 Å². The van der Waals surface area contributed by atoms with Gasteiger partial charge in [-0.2, -0.15) is 0 Å². The predicted molar refractivity (Wildman–Crippen MR) is 66.7 cm³/mol. The van der Waals surface area contributed by atoms with Crippen LogP contribution in [0.15, 0.2) is 23.1 Å². The average molecular weight is 294 g/mol. The van der Waals surface area contributed by atoms with Crippen LogP contribution in [0.5, 0.6) is 0 Å². The van der Waals surface area contributed by atoms with Crippen molar-refractivity contribution < 1.29 is 17.6 Å². The minimum absolute atomic E-state index is 0.0297. The van der Waals surface area contributed by atoms with Gasteiger partial charge >= 0.3 is 0 Å². The molecule has 0 bridgehead atoms. The highest BCUT2D eigenvalue weighted by Gasteiger charge is 2.18. The van der Waals surface area contributed by atoms with Gasteiger partial charge in [0.2, 0.25) is 0 Å². The van der Waals surface area contributed by atoms with Gasteiger partial charge in [-0.1, -0.05) is 0 Å². The number of hydrogen-bond donors (Lipinski definition) is 0. The van der Waals surface area contributed by atoms with E-state index in [1.54, 1.807) is 13.8 Å². The van der Waals surface area contributed by atoms with Gasteiger partial charge in [-0.05, 0) is 32.0 Å². The van der Waals surface area contributed by atoms with Gasteiger partial charge in [0.25, 0.3) is 15.0 Å². The number of carbonyl (C=O) groups is 1. The first-order valence-corrected chi connectivity index (χ1v) is 7.65. The van der Waals surface area contributed by atoms with Gasteiger partial charge < -0.3 is 4.90 Å². The molecule has 0 N–H and O–H groups in total. The summed E-state index contributed by atoms with van der Waals surface area (Å²) in [5.74, 6) is -1.24. The van der Waals surface area contributed by atoms with Gasteiger partial charge in [0.05, 0.1) is 4.90 Å². The van der Waals surface area contributed by atoms with E-state index in [2.05, 4.69) is 0 Å². The number of amides is 1. The van der Waals surface area contributed by atoms with Crippen LogP contribution in [0.3, 0.4) is 0 Å². The number of benzene rings is 1. The quantitative estimate of drug-likeness (QED) is 0.800. The van der Waals surface area contributed by atoms with Gasteiger partial charge in [-0.15, -0.1) is 0 Å². The molecule has 0 fully saturated rings. The maximum atomic E-state index is 13.3. The highest BCUT2D eigenvalue weighted by Crippen LogP contribution is 2.19. The largest absolute Gasteiger partial charge is 0.339 e. The fourth-order valence-corrected chi connectivity index (χ4v) is 2.31. The first-order valence-electron chi connectivity index (χ1n) is 5.34. The number of hydrogen-bond acceptors (Lipinski definition) is 3. The highest BCUT2D eigenvalue weighted by molar-refractivity contribution is 8.13. The van der Waals surface area contributed by atoms with E-state index in [4.69, 9.17) is 10.7 Å². The number of nitrogens with zero attached hydrogens (tertiary/aromatic N) is 1. The zero-order valence-corrected chi connectivity index (χ0v) is 11.6. The third-order valence-corrected chi connectivity index (χ3v) is 3.78. The Labute approximate surface area is 110 Å². The average Bonchev–Trinajstić information content (AvgIpc) is 2.28. The lowest BCUT2D eigenvalue weighted by molar-refractivity contribution is 0.0772. The summed E-state index contributed by atoms with van der Waals surface area (Å²) in [6.45, 7) is 4.46. The van der Waals surface area contributed by atoms with Crippen LogP contribution in [0.4, 0.5) is 4.39 Å². The van der Waals surface area contributed by atoms with Gasteiger partial charge in [0.1, 0.15) is 5.82 Å². The molecular formula is C11H13ClFNO3S. The Kier molecular flexibility index (Phi) is 4.70. The lowest BCUT2D eigenvalue weighted by Gasteiger charge is -2.18. The Morgan fingerprint density at radius 3 is 2.28 bits per heavy atom. The van der Waals surface area contributed by atoms with Crippen LogP contribution in [0.25, 0.3) is 0 Å². The summed E-state index contributed by atoms with van der Waals surface area (Å²) >= 11 is 0. The van der Waals surface area contributed by atoms with Crippen molar-refractivity contribution in [1.29, 1.82) is 0 Å². The molecule has 0 aliphatic heterocycles. The van der Waals surface area contributed by atoms with Crippen molar-refractivity contribution in [3.8, 4) is 0 Å². The van der Waals surface area contributed by atoms with E-state index in [0.29, 0.717) is 13.1 Å². The summed E-state index contributed by atoms with van der Waals surface area (Å²) in [7, 11) is 1.08. The molecule has 18 heavy (non-hydrogen) atoms. The zero-order valence-electron chi connectivity index (χ0n) is 9.98. The lowest BCUT2D eigenvalue weighted by atomic mass is 10.2. The van der Waals surface area contributed by atoms with Crippen LogP contribution >= 0.6 is 10.7 Å². The van der Waals surface area contributed by atoms with Crippen LogP contribution in [0, 0.1) is 5.82 Å². The molecule has 1 amide bonds. The number of rotatable bonds is 4. The SMILES string of the molecule is CCN(CC)C(=O)c1cc(F)cc(S(=O)(=O)Cl)c1. The summed E-state index contributed by atoms with van der Waals surface area (Å²) < 4.78 is 35.6. The molecule has 0 unspecified atom stereocenters. The van der Waals surface area contributed by atoms with Gasteiger partial charge in [0.15, 0.2) is 0 Å². The molecule has 4 nitrogen and oxygen atoms in total. The van der Waals surface area contributed by atoms with E-state index in [-0.39, 0.29) is 5.56 Å². The molecule has 0 heterocycles. The smallest absolute Gasteiger partial charge is 0.261 e. The van der Waals surface area contributed by atoms with Crippen molar-refractivity contribution in [3.05, 3.63) is 29.6 Å². The van der Waals surface area contributed by atoms with Crippen LogP contribution in [-0.4, -0.2) is 32.3 Å². The van der Waals surface area contributed by atoms with Crippen LogP contribution in [-0.2, 0) is 9.05 Å². The predicted octanol–water partition coefficient (Wildman–Crippen LogP) is 2.24. The molecule has 0 aromatic heterocycles. The first-order chi connectivity index (χ1) is 8.29. The highest BCUT2D eigenvalue weighted by atomic mass is 35.7. The van der Waals surface area contributed by atoms with Crippen molar-refractivity contribution in [3.63, 3.8) is 0 Å². The third-order valence-electron chi connectivity index (χ3n) is 2.45. The number of halogens is 2. The molecule has 0 radical (unpaired) electrons. The van der Waals surface area contributed by atoms with E-state index in [1.165, 1.54) is 4.90 Å². The van der Waals surface area contributed by atoms with Crippen LogP contribution in [0.1, 0.15) is 24.2 Å². The molecule has 1 aromatic rings. The Morgan fingerprint density at radius 1 is 1.28 bits per heavy atom. The molecule has 0 spiro atoms. The summed E-state index contributed by atoms with van der Waals surface area (Å²) in [6, 6.07) is 2.85. The standard InChI is InChI=1S/C11H13ClFNO3S/c1-3-14(4-2)11(15)8-5-9(13)7-10(6-8)18(12,16)17/h5-7H,3-4H2,1-2H3. The summed E-state index contributed by atoms with van der Waals surface area (Å²) in [5.41, 5.74) is -0.0297. The zero-order chi connectivity index (χ0) is 13.9. The topological polar surface area (TPSA) is 54.5 Å². The van der Waals surface area contributed by atoms with E-state index in [0.717, 1.165) is 18.2 Å². The van der Waals surface area contributed by atoms with Crippen LogP contribution < -0.4 is 0 Å². The Balaban J connectivity index is 3.26. The van der Waals surface area contributed by atoms with E-state index >= 15 is 0 Å². The molecule has 0 aliphatic carbocycles. The second kappa shape index (κ2) is 5.67. The minimum atomic E-state index is -4.06. The first kappa shape index (κ1) is 14.9. The van der Waals surface area contributed by atoms with Gasteiger partial charge in [-0.3, -0.25) is 4.79 Å². The maximum Gasteiger partial charge on any atom is 0.261 e. The minimum Gasteiger partial charge on any atom is -0.339 e. The van der Waals surface area contributed by atoms with Gasteiger partial charge in [0, 0.05) is 29.3 Å². The molecular weight excluding hydrogens is 281 g/mol. The normalized spacial score (nSPS) is 11.3. The molecule has 1 rings (SSSR count). The van der Waals surface area contributed by atoms with Crippen molar-refractivity contribution in [1.82, 2.24) is 4.90 Å². The molecule has 0 saturated carbocycles. The fraction of sp³-hybridized carbons (Fsp3) is 0.364. The summed E-state index contributed by atoms with van der Waals surface area (Å²) in [6.07, 6.45) is 0. The number of carbonyl (C=O) groups excluding carboxylic acids is 1. The second-order valence-corrected chi connectivity index (χ2v) is 6.16. The van der Waals surface area contributed by atoms with Crippen molar-refractivity contribution >= 4 is 25.6 Å². The van der Waals surface area contributed by atoms with E-state index in [1.807, 2.05) is 0 Å². The van der Waals surface area contributed by atoms with Crippen molar-refractivity contribution in [2.24, 2.45) is 0 Å². The Hall–Kier alpha value is -1.14. The molecule has 0 aliphatic rings. The molecule has 0 atom stereocenters. The molecule has 1 aromatic carbocycles. The lowest BCUT2D eigenvalue weighted by Crippen LogP contribution is -2.30. The summed E-state index contributed by atoms with van der Waals surface area (Å²) in [4.78, 5) is 13.0. The second-order valence-electron chi connectivity index (χ2n) is 3.59. The maximum absolute atomic E-state index is 13.3. The molecule has 0 saturated heterocycles. The van der Waals surface area contributed by atoms with Crippen molar-refractivity contribution in [2.45, 2.75) is 18.7 Å². The molecule has 100 valence electrons. The molecule has 7 heteroatoms.